The van der Waals surface area contributed by atoms with E-state index in [4.69, 9.17) is 9.72 Å². The Kier molecular flexibility index (Phi) is 4.23. The summed E-state index contributed by atoms with van der Waals surface area (Å²) in [5, 5.41) is 30.3. The van der Waals surface area contributed by atoms with E-state index in [9.17, 15) is 25.2 Å². The topological polar surface area (TPSA) is 129 Å². The number of carbonyl (C=O) groups excluding carboxylic acids is 1. The van der Waals surface area contributed by atoms with Crippen molar-refractivity contribution in [2.75, 3.05) is 0 Å². The highest BCUT2D eigenvalue weighted by Gasteiger charge is 2.45. The summed E-state index contributed by atoms with van der Waals surface area (Å²) in [5.74, 6) is -0.780. The van der Waals surface area contributed by atoms with Crippen LogP contribution in [-0.4, -0.2) is 20.6 Å². The Hall–Kier alpha value is -4.27. The van der Waals surface area contributed by atoms with E-state index in [0.29, 0.717) is 28.0 Å². The number of esters is 1. The minimum atomic E-state index is -1.90. The molecule has 1 N–H and O–H groups in total. The average molecular weight is 424 g/mol. The van der Waals surface area contributed by atoms with Crippen molar-refractivity contribution in [2.24, 2.45) is 0 Å². The number of cyclic esters (lactones) is 1. The number of aliphatic hydroxyl groups is 1. The fourth-order valence-electron chi connectivity index (χ4n) is 4.46. The van der Waals surface area contributed by atoms with E-state index in [0.717, 1.165) is 5.39 Å². The first kappa shape index (κ1) is 19.7. The van der Waals surface area contributed by atoms with Gasteiger partial charge in [0.2, 0.25) is 0 Å². The minimum Gasteiger partial charge on any atom is -0.458 e. The van der Waals surface area contributed by atoms with Crippen LogP contribution in [0.15, 0.2) is 40.7 Å². The van der Waals surface area contributed by atoms with E-state index < -0.39 is 11.6 Å². The predicted octanol–water partition coefficient (Wildman–Crippen LogP) is 2.51. The lowest BCUT2D eigenvalue weighted by atomic mass is 9.86. The summed E-state index contributed by atoms with van der Waals surface area (Å²) < 4.78 is 6.63. The number of benzene rings is 1. The second-order valence-electron chi connectivity index (χ2n) is 7.75. The number of hydrogen-bond donors (Lipinski definition) is 1. The Morgan fingerprint density at radius 3 is 2.75 bits per heavy atom. The number of para-hydroxylation sites is 1. The molecular weight excluding hydrogens is 408 g/mol. The molecule has 0 amide bonds. The number of ether oxygens (including phenoxy) is 1. The first-order chi connectivity index (χ1) is 15.4. The van der Waals surface area contributed by atoms with Gasteiger partial charge < -0.3 is 14.4 Å². The van der Waals surface area contributed by atoms with Gasteiger partial charge in [0.1, 0.15) is 24.3 Å². The van der Waals surface area contributed by atoms with Gasteiger partial charge in [0.25, 0.3) is 5.56 Å². The number of nitrogens with zero attached hydrogens (tertiary/aromatic N) is 4. The van der Waals surface area contributed by atoms with Crippen molar-refractivity contribution in [1.82, 2.24) is 9.55 Å². The molecule has 4 heterocycles. The number of hydrogen-bond acceptors (Lipinski definition) is 7. The molecule has 1 unspecified atom stereocenters. The molecule has 32 heavy (non-hydrogen) atoms. The first-order valence-electron chi connectivity index (χ1n) is 10.0. The van der Waals surface area contributed by atoms with E-state index in [1.807, 2.05) is 36.4 Å². The van der Waals surface area contributed by atoms with Crippen LogP contribution in [0, 0.1) is 22.7 Å². The molecule has 1 aromatic carbocycles. The molecule has 156 valence electrons. The van der Waals surface area contributed by atoms with Gasteiger partial charge in [0, 0.05) is 16.5 Å². The van der Waals surface area contributed by atoms with Crippen LogP contribution in [0.5, 0.6) is 0 Å². The molecule has 0 spiro atoms. The van der Waals surface area contributed by atoms with E-state index >= 15 is 0 Å². The average Bonchev–Trinajstić information content (AvgIpc) is 3.18. The molecular formula is C24H16N4O4. The second-order valence-corrected chi connectivity index (χ2v) is 7.75. The number of nitriles is 2. The van der Waals surface area contributed by atoms with Crippen LogP contribution >= 0.6 is 0 Å². The Morgan fingerprint density at radius 1 is 1.28 bits per heavy atom. The highest BCUT2D eigenvalue weighted by Crippen LogP contribution is 2.40. The van der Waals surface area contributed by atoms with Crippen LogP contribution < -0.4 is 5.56 Å². The normalized spacial score (nSPS) is 18.1. The van der Waals surface area contributed by atoms with Crippen molar-refractivity contribution in [1.29, 1.82) is 10.5 Å². The molecule has 8 heteroatoms. The summed E-state index contributed by atoms with van der Waals surface area (Å²) in [6.45, 7) is 1.62. The van der Waals surface area contributed by atoms with Crippen molar-refractivity contribution in [3.05, 3.63) is 68.5 Å². The Bertz CT molecular complexity index is 1500. The van der Waals surface area contributed by atoms with Gasteiger partial charge in [-0.05, 0) is 30.2 Å². The van der Waals surface area contributed by atoms with Gasteiger partial charge >= 0.3 is 5.97 Å². The Morgan fingerprint density at radius 2 is 2.03 bits per heavy atom. The minimum absolute atomic E-state index is 0.0570. The molecule has 0 radical (unpaired) electrons. The van der Waals surface area contributed by atoms with Gasteiger partial charge in [0.05, 0.1) is 29.0 Å². The highest BCUT2D eigenvalue weighted by atomic mass is 16.6. The standard InChI is InChI=1S/C24H16N4O4/c1-2-24(31)18-8-20-21-16(11-28(20)22(29)17(18)12-32-23(24)30)15(7-13(9-25)10-26)14-5-3-4-6-19(14)27-21/h3-8,31H,2,11-12H2,1H3. The lowest BCUT2D eigenvalue weighted by Gasteiger charge is -2.31. The molecule has 0 bridgehead atoms. The van der Waals surface area contributed by atoms with Crippen molar-refractivity contribution >= 4 is 22.9 Å². The van der Waals surface area contributed by atoms with Crippen LogP contribution in [0.1, 0.15) is 35.6 Å². The number of rotatable bonds is 2. The molecule has 0 aliphatic carbocycles. The molecule has 1 atom stereocenters. The summed E-state index contributed by atoms with van der Waals surface area (Å²) in [6, 6.07) is 12.7. The number of allylic oxidation sites excluding steroid dienone is 1. The predicted molar refractivity (Wildman–Crippen MR) is 114 cm³/mol. The molecule has 0 fully saturated rings. The molecule has 2 aliphatic heterocycles. The third-order valence-corrected chi connectivity index (χ3v) is 6.17. The maximum atomic E-state index is 13.3. The molecule has 3 aromatic rings. The van der Waals surface area contributed by atoms with E-state index in [-0.39, 0.29) is 41.8 Å². The number of carbonyl (C=O) groups is 1. The summed E-state index contributed by atoms with van der Waals surface area (Å²) >= 11 is 0. The number of aromatic nitrogens is 2. The van der Waals surface area contributed by atoms with Crippen molar-refractivity contribution < 1.29 is 14.6 Å². The second kappa shape index (κ2) is 6.88. The molecule has 5 rings (SSSR count). The third-order valence-electron chi connectivity index (χ3n) is 6.17. The molecule has 2 aliphatic rings. The van der Waals surface area contributed by atoms with Crippen LogP contribution in [0.25, 0.3) is 28.4 Å². The first-order valence-corrected chi connectivity index (χ1v) is 10.0. The summed E-state index contributed by atoms with van der Waals surface area (Å²) in [4.78, 5) is 30.4. The van der Waals surface area contributed by atoms with Crippen molar-refractivity contribution in [3.63, 3.8) is 0 Å². The summed E-state index contributed by atoms with van der Waals surface area (Å²) in [5.41, 5.74) is 1.10. The smallest absolute Gasteiger partial charge is 0.343 e. The van der Waals surface area contributed by atoms with Gasteiger partial charge in [-0.3, -0.25) is 4.79 Å². The lowest BCUT2D eigenvalue weighted by molar-refractivity contribution is -0.172. The van der Waals surface area contributed by atoms with Crippen LogP contribution in [0.2, 0.25) is 0 Å². The largest absolute Gasteiger partial charge is 0.458 e. The zero-order chi connectivity index (χ0) is 22.6. The summed E-state index contributed by atoms with van der Waals surface area (Å²) in [6.07, 6.45) is 1.57. The molecule has 0 saturated carbocycles. The van der Waals surface area contributed by atoms with Crippen molar-refractivity contribution in [2.45, 2.75) is 32.1 Å². The van der Waals surface area contributed by atoms with Crippen LogP contribution in [0.3, 0.4) is 0 Å². The van der Waals surface area contributed by atoms with Gasteiger partial charge in [-0.2, -0.15) is 10.5 Å². The van der Waals surface area contributed by atoms with Gasteiger partial charge in [0.15, 0.2) is 5.60 Å². The van der Waals surface area contributed by atoms with Gasteiger partial charge in [-0.1, -0.05) is 25.1 Å². The van der Waals surface area contributed by atoms with E-state index in [2.05, 4.69) is 0 Å². The van der Waals surface area contributed by atoms with E-state index in [1.54, 1.807) is 13.0 Å². The monoisotopic (exact) mass is 424 g/mol. The third kappa shape index (κ3) is 2.54. The number of pyridine rings is 2. The molecule has 8 nitrogen and oxygen atoms in total. The zero-order valence-corrected chi connectivity index (χ0v) is 17.0. The fourth-order valence-corrected chi connectivity index (χ4v) is 4.46. The summed E-state index contributed by atoms with van der Waals surface area (Å²) in [7, 11) is 0. The Balaban J connectivity index is 1.86. The lowest BCUT2D eigenvalue weighted by Crippen LogP contribution is -2.44. The molecule has 0 saturated heterocycles. The van der Waals surface area contributed by atoms with Crippen molar-refractivity contribution in [3.8, 4) is 23.5 Å². The maximum Gasteiger partial charge on any atom is 0.343 e. The van der Waals surface area contributed by atoms with Crippen LogP contribution in [-0.2, 0) is 28.3 Å². The highest BCUT2D eigenvalue weighted by molar-refractivity contribution is 5.94. The quantitative estimate of drug-likeness (QED) is 0.387. The zero-order valence-electron chi connectivity index (χ0n) is 17.0. The van der Waals surface area contributed by atoms with Gasteiger partial charge in [-0.15, -0.1) is 0 Å². The van der Waals surface area contributed by atoms with Crippen LogP contribution in [0.4, 0.5) is 0 Å². The maximum absolute atomic E-state index is 13.3. The van der Waals surface area contributed by atoms with Gasteiger partial charge in [-0.25, -0.2) is 9.78 Å². The Labute approximate surface area is 182 Å². The van der Waals surface area contributed by atoms with E-state index in [1.165, 1.54) is 10.6 Å². The fraction of sp³-hybridized carbons (Fsp3) is 0.208. The number of fused-ring (bicyclic) bond motifs is 5. The SMILES string of the molecule is CCC1(O)C(=O)OCc2c1cc1n(c2=O)Cc2c-1nc1ccccc1c2C=C(C#N)C#N. The molecule has 2 aromatic heterocycles.